The molecule has 2 unspecified atom stereocenters. The average Bonchev–Trinajstić information content (AvgIpc) is 2.36. The molecule has 12 heavy (non-hydrogen) atoms. The summed E-state index contributed by atoms with van der Waals surface area (Å²) in [6, 6.07) is 0. The van der Waals surface area contributed by atoms with E-state index in [1.165, 1.54) is 0 Å². The summed E-state index contributed by atoms with van der Waals surface area (Å²) < 4.78 is 4.92. The number of carbonyl (C=O) groups is 1. The van der Waals surface area contributed by atoms with E-state index in [1.54, 1.807) is 0 Å². The fourth-order valence-electron chi connectivity index (χ4n) is 1.37. The number of halogens is 1. The third-order valence-corrected chi connectivity index (χ3v) is 2.11. The second kappa shape index (κ2) is 5.38. The first kappa shape index (κ1) is 11.7. The maximum Gasteiger partial charge on any atom is 0.310 e. The monoisotopic (exact) mass is 193 g/mol. The molecule has 3 nitrogen and oxygen atoms in total. The summed E-state index contributed by atoms with van der Waals surface area (Å²) in [6.07, 6.45) is 0. The third-order valence-electron chi connectivity index (χ3n) is 2.11. The van der Waals surface area contributed by atoms with Crippen molar-refractivity contribution in [3.05, 3.63) is 0 Å². The second-order valence-electron chi connectivity index (χ2n) is 2.99. The minimum Gasteiger partial charge on any atom is -0.466 e. The fraction of sp³-hybridized carbons (Fsp3) is 0.875. The van der Waals surface area contributed by atoms with Crippen LogP contribution >= 0.6 is 12.4 Å². The molecule has 0 aromatic carbocycles. The zero-order chi connectivity index (χ0) is 8.27. The van der Waals surface area contributed by atoms with E-state index in [2.05, 4.69) is 12.2 Å². The summed E-state index contributed by atoms with van der Waals surface area (Å²) in [5, 5.41) is 3.16. The molecule has 1 saturated heterocycles. The van der Waals surface area contributed by atoms with Gasteiger partial charge in [0.1, 0.15) is 0 Å². The summed E-state index contributed by atoms with van der Waals surface area (Å²) in [5.74, 6) is 0.453. The van der Waals surface area contributed by atoms with Crippen LogP contribution in [0, 0.1) is 11.8 Å². The molecule has 0 aromatic rings. The Balaban J connectivity index is 0.00000121. The van der Waals surface area contributed by atoms with Crippen molar-refractivity contribution in [2.24, 2.45) is 11.8 Å². The van der Waals surface area contributed by atoms with Gasteiger partial charge in [-0.25, -0.2) is 0 Å². The van der Waals surface area contributed by atoms with Crippen LogP contribution in [0.1, 0.15) is 13.8 Å². The molecule has 1 heterocycles. The molecule has 0 amide bonds. The van der Waals surface area contributed by atoms with Crippen LogP contribution in [0.15, 0.2) is 0 Å². The van der Waals surface area contributed by atoms with Gasteiger partial charge in [0.05, 0.1) is 12.5 Å². The predicted octanol–water partition coefficient (Wildman–Crippen LogP) is 0.827. The lowest BCUT2D eigenvalue weighted by atomic mass is 9.99. The molecule has 1 rings (SSSR count). The van der Waals surface area contributed by atoms with Crippen molar-refractivity contribution >= 4 is 18.4 Å². The molecule has 72 valence electrons. The molecule has 0 saturated carbocycles. The largest absolute Gasteiger partial charge is 0.466 e. The highest BCUT2D eigenvalue weighted by molar-refractivity contribution is 5.85. The van der Waals surface area contributed by atoms with Crippen LogP contribution in [-0.4, -0.2) is 25.7 Å². The Morgan fingerprint density at radius 1 is 1.58 bits per heavy atom. The van der Waals surface area contributed by atoms with Gasteiger partial charge in [0, 0.05) is 6.54 Å². The Morgan fingerprint density at radius 2 is 2.25 bits per heavy atom. The quantitative estimate of drug-likeness (QED) is 0.661. The molecule has 2 atom stereocenters. The van der Waals surface area contributed by atoms with Gasteiger partial charge < -0.3 is 10.1 Å². The van der Waals surface area contributed by atoms with Gasteiger partial charge in [-0.2, -0.15) is 0 Å². The van der Waals surface area contributed by atoms with Gasteiger partial charge in [-0.1, -0.05) is 6.92 Å². The molecule has 0 spiro atoms. The van der Waals surface area contributed by atoms with E-state index in [1.807, 2.05) is 6.92 Å². The van der Waals surface area contributed by atoms with Gasteiger partial charge in [-0.15, -0.1) is 12.4 Å². The normalized spacial score (nSPS) is 27.8. The number of rotatable bonds is 2. The van der Waals surface area contributed by atoms with Crippen molar-refractivity contribution < 1.29 is 9.53 Å². The molecule has 1 aliphatic heterocycles. The van der Waals surface area contributed by atoms with Crippen LogP contribution in [0.4, 0.5) is 0 Å². The fourth-order valence-corrected chi connectivity index (χ4v) is 1.37. The summed E-state index contributed by atoms with van der Waals surface area (Å²) in [5.41, 5.74) is 0. The number of carbonyl (C=O) groups excluding carboxylic acids is 1. The van der Waals surface area contributed by atoms with Crippen LogP contribution in [0.2, 0.25) is 0 Å². The zero-order valence-corrected chi connectivity index (χ0v) is 8.32. The van der Waals surface area contributed by atoms with Crippen molar-refractivity contribution in [1.82, 2.24) is 5.32 Å². The minimum atomic E-state index is -0.0509. The Labute approximate surface area is 79.3 Å². The zero-order valence-electron chi connectivity index (χ0n) is 7.50. The smallest absolute Gasteiger partial charge is 0.310 e. The number of hydrogen-bond acceptors (Lipinski definition) is 3. The van der Waals surface area contributed by atoms with Crippen molar-refractivity contribution in [1.29, 1.82) is 0 Å². The molecular formula is C8H16ClNO2. The van der Waals surface area contributed by atoms with E-state index in [0.29, 0.717) is 12.5 Å². The van der Waals surface area contributed by atoms with Crippen molar-refractivity contribution in [2.75, 3.05) is 19.7 Å². The van der Waals surface area contributed by atoms with Gasteiger partial charge in [-0.3, -0.25) is 4.79 Å². The molecule has 1 N–H and O–H groups in total. The van der Waals surface area contributed by atoms with Gasteiger partial charge in [0.15, 0.2) is 0 Å². The highest BCUT2D eigenvalue weighted by atomic mass is 35.5. The van der Waals surface area contributed by atoms with E-state index >= 15 is 0 Å². The minimum absolute atomic E-state index is 0. The Bertz CT molecular complexity index is 152. The van der Waals surface area contributed by atoms with Crippen molar-refractivity contribution in [3.8, 4) is 0 Å². The first-order chi connectivity index (χ1) is 5.25. The molecule has 1 fully saturated rings. The summed E-state index contributed by atoms with van der Waals surface area (Å²) in [6.45, 7) is 6.11. The summed E-state index contributed by atoms with van der Waals surface area (Å²) in [7, 11) is 0. The number of ether oxygens (including phenoxy) is 1. The Kier molecular flexibility index (Phi) is 5.25. The van der Waals surface area contributed by atoms with Crippen molar-refractivity contribution in [2.45, 2.75) is 13.8 Å². The molecule has 0 aliphatic carbocycles. The van der Waals surface area contributed by atoms with E-state index in [9.17, 15) is 4.79 Å². The van der Waals surface area contributed by atoms with Gasteiger partial charge in [0.25, 0.3) is 0 Å². The lowest BCUT2D eigenvalue weighted by Crippen LogP contribution is -2.23. The standard InChI is InChI=1S/C8H15NO2.ClH/c1-3-11-8(10)7-5-9-4-6(7)2;/h6-7,9H,3-5H2,1-2H3;1H. The topological polar surface area (TPSA) is 38.3 Å². The SMILES string of the molecule is CCOC(=O)C1CNCC1C.Cl. The predicted molar refractivity (Wildman–Crippen MR) is 49.4 cm³/mol. The lowest BCUT2D eigenvalue weighted by molar-refractivity contribution is -0.148. The van der Waals surface area contributed by atoms with Crippen LogP contribution in [-0.2, 0) is 9.53 Å². The van der Waals surface area contributed by atoms with Gasteiger partial charge in [0.2, 0.25) is 0 Å². The molecule has 0 radical (unpaired) electrons. The molecule has 0 bridgehead atoms. The van der Waals surface area contributed by atoms with Crippen LogP contribution in [0.5, 0.6) is 0 Å². The Hall–Kier alpha value is -0.280. The van der Waals surface area contributed by atoms with E-state index < -0.39 is 0 Å². The maximum atomic E-state index is 11.2. The van der Waals surface area contributed by atoms with Crippen LogP contribution in [0.3, 0.4) is 0 Å². The van der Waals surface area contributed by atoms with Gasteiger partial charge >= 0.3 is 5.97 Å². The van der Waals surface area contributed by atoms with Crippen LogP contribution < -0.4 is 5.32 Å². The van der Waals surface area contributed by atoms with Crippen molar-refractivity contribution in [3.63, 3.8) is 0 Å². The second-order valence-corrected chi connectivity index (χ2v) is 2.99. The highest BCUT2D eigenvalue weighted by Gasteiger charge is 2.30. The summed E-state index contributed by atoms with van der Waals surface area (Å²) in [4.78, 5) is 11.2. The summed E-state index contributed by atoms with van der Waals surface area (Å²) >= 11 is 0. The van der Waals surface area contributed by atoms with Crippen LogP contribution in [0.25, 0.3) is 0 Å². The number of nitrogens with one attached hydrogen (secondary N) is 1. The molecule has 0 aromatic heterocycles. The Morgan fingerprint density at radius 3 is 2.67 bits per heavy atom. The molecule has 1 aliphatic rings. The number of esters is 1. The maximum absolute atomic E-state index is 11.2. The first-order valence-corrected chi connectivity index (χ1v) is 4.13. The van der Waals surface area contributed by atoms with E-state index in [4.69, 9.17) is 4.74 Å². The third kappa shape index (κ3) is 2.64. The lowest BCUT2D eigenvalue weighted by Gasteiger charge is -2.11. The molecular weight excluding hydrogens is 178 g/mol. The first-order valence-electron chi connectivity index (χ1n) is 4.13. The highest BCUT2D eigenvalue weighted by Crippen LogP contribution is 2.16. The van der Waals surface area contributed by atoms with E-state index in [0.717, 1.165) is 13.1 Å². The van der Waals surface area contributed by atoms with Gasteiger partial charge in [-0.05, 0) is 19.4 Å². The van der Waals surface area contributed by atoms with E-state index in [-0.39, 0.29) is 24.3 Å². The molecule has 4 heteroatoms. The average molecular weight is 194 g/mol. The number of hydrogen-bond donors (Lipinski definition) is 1.